The Labute approximate surface area is 215 Å². The Morgan fingerprint density at radius 3 is 2.32 bits per heavy atom. The topological polar surface area (TPSA) is 50.4 Å². The van der Waals surface area contributed by atoms with Crippen LogP contribution in [0.2, 0.25) is 0 Å². The molecule has 1 aromatic rings. The lowest BCUT2D eigenvalue weighted by Crippen LogP contribution is -2.57. The standard InChI is InChI=1S/C28H42N2O2S2/c1-3-9-23(28-15-18-12-19(16-28)14-20(13-18)17-28)29-27(33)30-25-24(26(31)32-4-2)21-10-7-5-6-8-11-22(21)34-25/h18-20,23H,3-17H2,1-2H3,(H2,29,30,33). The molecule has 4 saturated carbocycles. The van der Waals surface area contributed by atoms with Gasteiger partial charge < -0.3 is 15.4 Å². The first kappa shape index (κ1) is 24.5. The van der Waals surface area contributed by atoms with Crippen molar-refractivity contribution in [3.05, 3.63) is 16.0 Å². The number of hydrogen-bond acceptors (Lipinski definition) is 4. The van der Waals surface area contributed by atoms with Crippen LogP contribution in [0, 0.1) is 23.2 Å². The van der Waals surface area contributed by atoms with Gasteiger partial charge in [-0.1, -0.05) is 26.2 Å². The van der Waals surface area contributed by atoms with Crippen LogP contribution < -0.4 is 10.6 Å². The van der Waals surface area contributed by atoms with Gasteiger partial charge in [-0.3, -0.25) is 0 Å². The number of esters is 1. The largest absolute Gasteiger partial charge is 0.462 e. The van der Waals surface area contributed by atoms with E-state index in [4.69, 9.17) is 17.0 Å². The molecule has 0 radical (unpaired) electrons. The van der Waals surface area contributed by atoms with Gasteiger partial charge in [0.15, 0.2) is 5.11 Å². The number of thiocarbonyl (C=S) groups is 1. The summed E-state index contributed by atoms with van der Waals surface area (Å²) in [5, 5.41) is 8.89. The van der Waals surface area contributed by atoms with E-state index in [1.54, 1.807) is 11.3 Å². The Bertz CT molecular complexity index is 873. The highest BCUT2D eigenvalue weighted by Crippen LogP contribution is 2.61. The summed E-state index contributed by atoms with van der Waals surface area (Å²) in [5.74, 6) is 2.60. The predicted octanol–water partition coefficient (Wildman–Crippen LogP) is 7.26. The highest BCUT2D eigenvalue weighted by molar-refractivity contribution is 7.80. The molecule has 0 aliphatic heterocycles. The second kappa shape index (κ2) is 10.5. The molecule has 0 amide bonds. The summed E-state index contributed by atoms with van der Waals surface area (Å²) in [5.41, 5.74) is 2.36. The molecule has 0 saturated heterocycles. The molecule has 4 nitrogen and oxygen atoms in total. The van der Waals surface area contributed by atoms with Crippen LogP contribution >= 0.6 is 23.6 Å². The third kappa shape index (κ3) is 4.91. The molecule has 34 heavy (non-hydrogen) atoms. The number of fused-ring (bicyclic) bond motifs is 1. The third-order valence-corrected chi connectivity index (χ3v) is 10.5. The number of carbonyl (C=O) groups is 1. The lowest BCUT2D eigenvalue weighted by molar-refractivity contribution is -0.0718. The van der Waals surface area contributed by atoms with Gasteiger partial charge in [-0.2, -0.15) is 0 Å². The van der Waals surface area contributed by atoms with Gasteiger partial charge in [0.25, 0.3) is 0 Å². The number of carbonyl (C=O) groups excluding carboxylic acids is 1. The number of ether oxygens (including phenoxy) is 1. The fourth-order valence-corrected chi connectivity index (χ4v) is 9.74. The van der Waals surface area contributed by atoms with Crippen LogP contribution in [-0.2, 0) is 17.6 Å². The molecule has 0 aromatic carbocycles. The Morgan fingerprint density at radius 2 is 1.71 bits per heavy atom. The van der Waals surface area contributed by atoms with Crippen LogP contribution in [0.25, 0.3) is 0 Å². The van der Waals surface area contributed by atoms with Crippen LogP contribution in [0.4, 0.5) is 5.00 Å². The van der Waals surface area contributed by atoms with Crippen molar-refractivity contribution in [1.29, 1.82) is 0 Å². The first-order chi connectivity index (χ1) is 16.5. The van der Waals surface area contributed by atoms with Crippen molar-refractivity contribution >= 4 is 39.6 Å². The number of thiophene rings is 1. The first-order valence-electron chi connectivity index (χ1n) is 13.9. The second-order valence-corrected chi connectivity index (χ2v) is 13.1. The van der Waals surface area contributed by atoms with Gasteiger partial charge in [0.1, 0.15) is 5.00 Å². The average molecular weight is 503 g/mol. The summed E-state index contributed by atoms with van der Waals surface area (Å²) in [6.07, 6.45) is 17.7. The lowest BCUT2D eigenvalue weighted by atomic mass is 9.47. The van der Waals surface area contributed by atoms with E-state index in [1.807, 2.05) is 6.92 Å². The molecule has 5 aliphatic rings. The summed E-state index contributed by atoms with van der Waals surface area (Å²) < 4.78 is 5.50. The maximum Gasteiger partial charge on any atom is 0.341 e. The molecule has 4 bridgehead atoms. The number of aryl methyl sites for hydroxylation is 1. The van der Waals surface area contributed by atoms with Gasteiger partial charge >= 0.3 is 5.97 Å². The van der Waals surface area contributed by atoms with Gasteiger partial charge in [0.05, 0.1) is 12.2 Å². The molecular weight excluding hydrogens is 460 g/mol. The minimum Gasteiger partial charge on any atom is -0.462 e. The lowest BCUT2D eigenvalue weighted by Gasteiger charge is -2.59. The number of hydrogen-bond donors (Lipinski definition) is 2. The van der Waals surface area contributed by atoms with Gasteiger partial charge in [-0.05, 0) is 119 Å². The molecule has 0 spiro atoms. The second-order valence-electron chi connectivity index (χ2n) is 11.6. The smallest absolute Gasteiger partial charge is 0.341 e. The monoisotopic (exact) mass is 502 g/mol. The molecule has 188 valence electrons. The molecule has 1 unspecified atom stereocenters. The average Bonchev–Trinajstić information content (AvgIpc) is 3.08. The van der Waals surface area contributed by atoms with Crippen LogP contribution in [0.5, 0.6) is 0 Å². The summed E-state index contributed by atoms with van der Waals surface area (Å²) in [7, 11) is 0. The van der Waals surface area contributed by atoms with Crippen LogP contribution in [-0.4, -0.2) is 23.7 Å². The number of rotatable bonds is 7. The molecule has 1 heterocycles. The van der Waals surface area contributed by atoms with E-state index in [0.29, 0.717) is 23.2 Å². The summed E-state index contributed by atoms with van der Waals surface area (Å²) >= 11 is 7.65. The molecule has 1 atom stereocenters. The van der Waals surface area contributed by atoms with E-state index in [-0.39, 0.29) is 5.97 Å². The quantitative estimate of drug-likeness (QED) is 0.304. The Kier molecular flexibility index (Phi) is 7.55. The Balaban J connectivity index is 1.36. The predicted molar refractivity (Wildman–Crippen MR) is 145 cm³/mol. The minimum absolute atomic E-state index is 0.197. The highest BCUT2D eigenvalue weighted by atomic mass is 32.1. The van der Waals surface area contributed by atoms with Crippen molar-refractivity contribution in [2.75, 3.05) is 11.9 Å². The van der Waals surface area contributed by atoms with Crippen molar-refractivity contribution in [2.45, 2.75) is 110 Å². The molecule has 1 aromatic heterocycles. The van der Waals surface area contributed by atoms with E-state index >= 15 is 0 Å². The summed E-state index contributed by atoms with van der Waals surface area (Å²) in [6, 6.07) is 0.429. The van der Waals surface area contributed by atoms with Crippen molar-refractivity contribution in [1.82, 2.24) is 5.32 Å². The van der Waals surface area contributed by atoms with Crippen molar-refractivity contribution in [3.8, 4) is 0 Å². The number of nitrogens with one attached hydrogen (secondary N) is 2. The van der Waals surface area contributed by atoms with Crippen molar-refractivity contribution in [3.63, 3.8) is 0 Å². The van der Waals surface area contributed by atoms with Crippen LogP contribution in [0.1, 0.15) is 112 Å². The van der Waals surface area contributed by atoms with E-state index in [2.05, 4.69) is 17.6 Å². The molecule has 2 N–H and O–H groups in total. The summed E-state index contributed by atoms with van der Waals surface area (Å²) in [4.78, 5) is 14.4. The zero-order valence-corrected chi connectivity index (χ0v) is 22.7. The Morgan fingerprint density at radius 1 is 1.06 bits per heavy atom. The van der Waals surface area contributed by atoms with Crippen molar-refractivity contribution < 1.29 is 9.53 Å². The van der Waals surface area contributed by atoms with Gasteiger partial charge in [-0.25, -0.2) is 4.79 Å². The summed E-state index contributed by atoms with van der Waals surface area (Å²) in [6.45, 7) is 4.58. The van der Waals surface area contributed by atoms with Crippen molar-refractivity contribution in [2.24, 2.45) is 23.2 Å². The molecular formula is C28H42N2O2S2. The van der Waals surface area contributed by atoms with E-state index in [9.17, 15) is 4.79 Å². The Hall–Kier alpha value is -1.14. The van der Waals surface area contributed by atoms with Gasteiger partial charge in [0.2, 0.25) is 0 Å². The number of anilines is 1. The molecule has 4 fully saturated rings. The molecule has 6 rings (SSSR count). The fourth-order valence-electron chi connectivity index (χ4n) is 8.15. The SMILES string of the molecule is CCCC(NC(=S)Nc1sc2c(c1C(=O)OCC)CCCCCC2)C12CC3CC(CC(C3)C1)C2. The zero-order chi connectivity index (χ0) is 23.7. The van der Waals surface area contributed by atoms with Crippen LogP contribution in [0.3, 0.4) is 0 Å². The normalized spacial score (nSPS) is 30.7. The molecule has 6 heteroatoms. The fraction of sp³-hybridized carbons (Fsp3) is 0.786. The highest BCUT2D eigenvalue weighted by Gasteiger charge is 2.54. The van der Waals surface area contributed by atoms with E-state index in [1.165, 1.54) is 81.1 Å². The minimum atomic E-state index is -0.197. The van der Waals surface area contributed by atoms with E-state index in [0.717, 1.165) is 47.6 Å². The maximum absolute atomic E-state index is 13.0. The third-order valence-electron chi connectivity index (χ3n) is 9.09. The maximum atomic E-state index is 13.0. The molecule has 5 aliphatic carbocycles. The van der Waals surface area contributed by atoms with Gasteiger partial charge in [0, 0.05) is 10.9 Å². The van der Waals surface area contributed by atoms with E-state index < -0.39 is 0 Å². The van der Waals surface area contributed by atoms with Crippen LogP contribution in [0.15, 0.2) is 0 Å². The van der Waals surface area contributed by atoms with Gasteiger partial charge in [-0.15, -0.1) is 11.3 Å². The first-order valence-corrected chi connectivity index (χ1v) is 15.1. The zero-order valence-electron chi connectivity index (χ0n) is 21.0.